The number of rotatable bonds is 6. The Balaban J connectivity index is 2.18. The zero-order valence-corrected chi connectivity index (χ0v) is 12.6. The lowest BCUT2D eigenvalue weighted by molar-refractivity contribution is -0.141. The van der Waals surface area contributed by atoms with Gasteiger partial charge in [-0.05, 0) is 32.1 Å². The van der Waals surface area contributed by atoms with Crippen LogP contribution in [0.15, 0.2) is 0 Å². The molecule has 1 unspecified atom stereocenters. The summed E-state index contributed by atoms with van der Waals surface area (Å²) in [5.74, 6) is 0.161. The molecule has 2 amide bonds. The monoisotopic (exact) mass is 280 g/mol. The number of primary amides is 1. The van der Waals surface area contributed by atoms with Gasteiger partial charge in [-0.1, -0.05) is 38.5 Å². The zero-order chi connectivity index (χ0) is 14.6. The minimum atomic E-state index is -0.582. The summed E-state index contributed by atoms with van der Waals surface area (Å²) < 4.78 is 0. The highest BCUT2D eigenvalue weighted by Crippen LogP contribution is 2.48. The first kappa shape index (κ1) is 15.3. The quantitative estimate of drug-likeness (QED) is 0.784. The SMILES string of the molecule is CCNC(=O)C(CC1CCCC1)C1(C(N)=O)CCCC1. The predicted octanol–water partition coefficient (Wildman–Crippen LogP) is 2.36. The number of carbonyl (C=O) groups excluding carboxylic acids is 2. The highest BCUT2D eigenvalue weighted by atomic mass is 16.2. The lowest BCUT2D eigenvalue weighted by Gasteiger charge is -2.35. The number of nitrogens with one attached hydrogen (secondary N) is 1. The molecular weight excluding hydrogens is 252 g/mol. The molecule has 2 aliphatic carbocycles. The van der Waals surface area contributed by atoms with Crippen LogP contribution in [0.4, 0.5) is 0 Å². The average molecular weight is 280 g/mol. The Morgan fingerprint density at radius 3 is 2.30 bits per heavy atom. The Kier molecular flexibility index (Phi) is 5.06. The van der Waals surface area contributed by atoms with Crippen LogP contribution in [0.2, 0.25) is 0 Å². The van der Waals surface area contributed by atoms with E-state index in [0.29, 0.717) is 12.5 Å². The van der Waals surface area contributed by atoms with Crippen molar-refractivity contribution in [1.82, 2.24) is 5.32 Å². The van der Waals surface area contributed by atoms with Crippen molar-refractivity contribution in [3.05, 3.63) is 0 Å². The van der Waals surface area contributed by atoms with Crippen LogP contribution >= 0.6 is 0 Å². The molecule has 1 atom stereocenters. The van der Waals surface area contributed by atoms with Crippen LogP contribution in [-0.4, -0.2) is 18.4 Å². The topological polar surface area (TPSA) is 72.2 Å². The van der Waals surface area contributed by atoms with Gasteiger partial charge < -0.3 is 11.1 Å². The molecule has 114 valence electrons. The summed E-state index contributed by atoms with van der Waals surface area (Å²) in [6.07, 6.45) is 9.37. The Bertz CT molecular complexity index is 355. The fourth-order valence-electron chi connectivity index (χ4n) is 4.23. The Labute approximate surface area is 121 Å². The Morgan fingerprint density at radius 2 is 1.80 bits per heavy atom. The second kappa shape index (κ2) is 6.59. The van der Waals surface area contributed by atoms with E-state index in [-0.39, 0.29) is 17.7 Å². The van der Waals surface area contributed by atoms with E-state index in [1.54, 1.807) is 0 Å². The second-order valence-corrected chi connectivity index (χ2v) is 6.56. The van der Waals surface area contributed by atoms with Crippen LogP contribution in [0, 0.1) is 17.3 Å². The van der Waals surface area contributed by atoms with Gasteiger partial charge in [-0.25, -0.2) is 0 Å². The molecule has 0 radical (unpaired) electrons. The summed E-state index contributed by atoms with van der Waals surface area (Å²) in [5.41, 5.74) is 5.14. The molecule has 2 aliphatic rings. The van der Waals surface area contributed by atoms with Crippen molar-refractivity contribution in [2.24, 2.45) is 23.0 Å². The summed E-state index contributed by atoms with van der Waals surface area (Å²) >= 11 is 0. The van der Waals surface area contributed by atoms with Gasteiger partial charge in [0.2, 0.25) is 11.8 Å². The second-order valence-electron chi connectivity index (χ2n) is 6.56. The molecule has 3 N–H and O–H groups in total. The summed E-state index contributed by atoms with van der Waals surface area (Å²) in [6.45, 7) is 2.55. The molecule has 0 aromatic rings. The molecule has 2 fully saturated rings. The molecule has 2 rings (SSSR count). The van der Waals surface area contributed by atoms with Crippen molar-refractivity contribution in [2.45, 2.75) is 64.7 Å². The van der Waals surface area contributed by atoms with Crippen LogP contribution in [0.5, 0.6) is 0 Å². The van der Waals surface area contributed by atoms with Gasteiger partial charge in [-0.15, -0.1) is 0 Å². The fourth-order valence-corrected chi connectivity index (χ4v) is 4.23. The standard InChI is InChI=1S/C16H28N2O2/c1-2-18-14(19)13(11-12-7-3-4-8-12)16(15(17)20)9-5-6-10-16/h12-13H,2-11H2,1H3,(H2,17,20)(H,18,19). The molecular formula is C16H28N2O2. The van der Waals surface area contributed by atoms with E-state index in [2.05, 4.69) is 5.32 Å². The Hall–Kier alpha value is -1.06. The van der Waals surface area contributed by atoms with Crippen LogP contribution < -0.4 is 11.1 Å². The largest absolute Gasteiger partial charge is 0.369 e. The van der Waals surface area contributed by atoms with Crippen molar-refractivity contribution >= 4 is 11.8 Å². The highest BCUT2D eigenvalue weighted by molar-refractivity contribution is 5.90. The predicted molar refractivity (Wildman–Crippen MR) is 78.8 cm³/mol. The van der Waals surface area contributed by atoms with E-state index in [0.717, 1.165) is 32.1 Å². The fraction of sp³-hybridized carbons (Fsp3) is 0.875. The lowest BCUT2D eigenvalue weighted by atomic mass is 9.69. The van der Waals surface area contributed by atoms with Crippen molar-refractivity contribution in [2.75, 3.05) is 6.54 Å². The van der Waals surface area contributed by atoms with Gasteiger partial charge in [0.25, 0.3) is 0 Å². The maximum Gasteiger partial charge on any atom is 0.224 e. The van der Waals surface area contributed by atoms with Gasteiger partial charge in [0, 0.05) is 6.54 Å². The van der Waals surface area contributed by atoms with Gasteiger partial charge in [0.15, 0.2) is 0 Å². The number of hydrogen-bond donors (Lipinski definition) is 2. The molecule has 0 aromatic heterocycles. The van der Waals surface area contributed by atoms with Gasteiger partial charge >= 0.3 is 0 Å². The lowest BCUT2D eigenvalue weighted by Crippen LogP contribution is -2.48. The summed E-state index contributed by atoms with van der Waals surface area (Å²) in [7, 11) is 0. The Morgan fingerprint density at radius 1 is 1.20 bits per heavy atom. The molecule has 0 aromatic carbocycles. The smallest absolute Gasteiger partial charge is 0.224 e. The van der Waals surface area contributed by atoms with Gasteiger partial charge in [0.1, 0.15) is 0 Å². The summed E-state index contributed by atoms with van der Waals surface area (Å²) in [6, 6.07) is 0. The van der Waals surface area contributed by atoms with E-state index in [4.69, 9.17) is 5.73 Å². The van der Waals surface area contributed by atoms with Crippen molar-refractivity contribution in [3.8, 4) is 0 Å². The molecule has 0 saturated heterocycles. The van der Waals surface area contributed by atoms with E-state index < -0.39 is 5.41 Å². The van der Waals surface area contributed by atoms with Gasteiger partial charge in [0.05, 0.1) is 11.3 Å². The third-order valence-electron chi connectivity index (χ3n) is 5.36. The molecule has 0 spiro atoms. The maximum atomic E-state index is 12.5. The van der Waals surface area contributed by atoms with E-state index in [1.165, 1.54) is 25.7 Å². The first-order valence-electron chi connectivity index (χ1n) is 8.18. The summed E-state index contributed by atoms with van der Waals surface area (Å²) in [5, 5.41) is 2.93. The third-order valence-corrected chi connectivity index (χ3v) is 5.36. The number of nitrogens with two attached hydrogens (primary N) is 1. The zero-order valence-electron chi connectivity index (χ0n) is 12.6. The van der Waals surface area contributed by atoms with Crippen molar-refractivity contribution in [1.29, 1.82) is 0 Å². The molecule has 0 aliphatic heterocycles. The molecule has 0 heterocycles. The van der Waals surface area contributed by atoms with E-state index >= 15 is 0 Å². The first-order chi connectivity index (χ1) is 9.60. The van der Waals surface area contributed by atoms with E-state index in [9.17, 15) is 9.59 Å². The summed E-state index contributed by atoms with van der Waals surface area (Å²) in [4.78, 5) is 24.6. The maximum absolute atomic E-state index is 12.5. The highest BCUT2D eigenvalue weighted by Gasteiger charge is 2.49. The van der Waals surface area contributed by atoms with Crippen LogP contribution in [-0.2, 0) is 9.59 Å². The van der Waals surface area contributed by atoms with Crippen molar-refractivity contribution in [3.63, 3.8) is 0 Å². The van der Waals surface area contributed by atoms with Crippen LogP contribution in [0.25, 0.3) is 0 Å². The first-order valence-corrected chi connectivity index (χ1v) is 8.18. The number of hydrogen-bond acceptors (Lipinski definition) is 2. The molecule has 4 nitrogen and oxygen atoms in total. The van der Waals surface area contributed by atoms with E-state index in [1.807, 2.05) is 6.92 Å². The molecule has 4 heteroatoms. The number of amides is 2. The van der Waals surface area contributed by atoms with Gasteiger partial charge in [-0.2, -0.15) is 0 Å². The molecule has 20 heavy (non-hydrogen) atoms. The van der Waals surface area contributed by atoms with Gasteiger partial charge in [-0.3, -0.25) is 9.59 Å². The molecule has 2 saturated carbocycles. The minimum absolute atomic E-state index is 0.0418. The molecule has 0 bridgehead atoms. The average Bonchev–Trinajstić information content (AvgIpc) is 3.08. The normalized spacial score (nSPS) is 23.6. The van der Waals surface area contributed by atoms with Crippen molar-refractivity contribution < 1.29 is 9.59 Å². The minimum Gasteiger partial charge on any atom is -0.369 e. The van der Waals surface area contributed by atoms with Crippen LogP contribution in [0.3, 0.4) is 0 Å². The third kappa shape index (κ3) is 2.99. The van der Waals surface area contributed by atoms with Crippen LogP contribution in [0.1, 0.15) is 64.7 Å². The number of carbonyl (C=O) groups is 2.